The number of nitrogens with one attached hydrogen (secondary N) is 2. The minimum Gasteiger partial charge on any atom is -0.279 e. The fraction of sp³-hybridized carbons (Fsp3) is 0.100. The first-order valence-electron chi connectivity index (χ1n) is 8.84. The highest BCUT2D eigenvalue weighted by molar-refractivity contribution is 7.92. The fourth-order valence-electron chi connectivity index (χ4n) is 2.68. The van der Waals surface area contributed by atoms with Crippen molar-refractivity contribution in [1.82, 2.24) is 4.98 Å². The van der Waals surface area contributed by atoms with Crippen molar-refractivity contribution in [2.75, 3.05) is 10.1 Å². The number of benzene rings is 2. The number of nitro benzene ring substituents is 1. The Morgan fingerprint density at radius 3 is 2.40 bits per heavy atom. The number of nitro groups is 1. The van der Waals surface area contributed by atoms with Crippen LogP contribution in [0.5, 0.6) is 0 Å². The Kier molecular flexibility index (Phi) is 6.07. The van der Waals surface area contributed by atoms with Crippen LogP contribution in [-0.4, -0.2) is 24.5 Å². The van der Waals surface area contributed by atoms with Gasteiger partial charge in [-0.3, -0.25) is 25.2 Å². The Morgan fingerprint density at radius 1 is 1.03 bits per heavy atom. The predicted molar refractivity (Wildman–Crippen MR) is 115 cm³/mol. The van der Waals surface area contributed by atoms with Gasteiger partial charge in [0.05, 0.1) is 21.7 Å². The van der Waals surface area contributed by atoms with Crippen LogP contribution in [0.15, 0.2) is 70.9 Å². The zero-order valence-corrected chi connectivity index (χ0v) is 17.1. The van der Waals surface area contributed by atoms with E-state index in [2.05, 4.69) is 20.2 Å². The third-order valence-electron chi connectivity index (χ3n) is 4.21. The number of rotatable bonds is 7. The third-order valence-corrected chi connectivity index (χ3v) is 5.57. The van der Waals surface area contributed by atoms with Crippen LogP contribution in [0.3, 0.4) is 0 Å². The molecule has 0 spiro atoms. The number of pyridine rings is 1. The molecule has 0 saturated carbocycles. The summed E-state index contributed by atoms with van der Waals surface area (Å²) in [5.74, 6) is 0. The molecule has 3 rings (SSSR count). The summed E-state index contributed by atoms with van der Waals surface area (Å²) < 4.78 is 27.9. The molecule has 9 nitrogen and oxygen atoms in total. The molecule has 1 heterocycles. The Morgan fingerprint density at radius 2 is 1.73 bits per heavy atom. The molecule has 1 aromatic heterocycles. The number of aromatic nitrogens is 1. The second kappa shape index (κ2) is 8.70. The van der Waals surface area contributed by atoms with E-state index in [1.807, 2.05) is 13.0 Å². The van der Waals surface area contributed by atoms with Crippen molar-refractivity contribution in [3.8, 4) is 0 Å². The Balaban J connectivity index is 1.86. The van der Waals surface area contributed by atoms with Crippen LogP contribution in [0, 0.1) is 24.0 Å². The maximum Gasteiger partial charge on any atom is 0.295 e. The van der Waals surface area contributed by atoms with Crippen molar-refractivity contribution >= 4 is 33.3 Å². The molecule has 0 aliphatic heterocycles. The van der Waals surface area contributed by atoms with Gasteiger partial charge in [0.25, 0.3) is 15.7 Å². The predicted octanol–water partition coefficient (Wildman–Crippen LogP) is 3.85. The normalized spacial score (nSPS) is 11.4. The molecule has 3 aromatic rings. The second-order valence-corrected chi connectivity index (χ2v) is 8.19. The summed E-state index contributed by atoms with van der Waals surface area (Å²) in [7, 11) is -4.01. The van der Waals surface area contributed by atoms with Gasteiger partial charge in [0.15, 0.2) is 0 Å². The van der Waals surface area contributed by atoms with Crippen LogP contribution in [-0.2, 0) is 10.0 Å². The summed E-state index contributed by atoms with van der Waals surface area (Å²) in [6.07, 6.45) is 4.65. The first-order valence-corrected chi connectivity index (χ1v) is 10.3. The molecule has 0 saturated heterocycles. The van der Waals surface area contributed by atoms with Gasteiger partial charge < -0.3 is 0 Å². The minimum atomic E-state index is -4.01. The maximum absolute atomic E-state index is 12.7. The van der Waals surface area contributed by atoms with Crippen LogP contribution < -0.4 is 10.1 Å². The monoisotopic (exact) mass is 425 g/mol. The van der Waals surface area contributed by atoms with Crippen LogP contribution in [0.25, 0.3) is 0 Å². The fourth-order valence-corrected chi connectivity index (χ4v) is 3.83. The third kappa shape index (κ3) is 4.97. The van der Waals surface area contributed by atoms with Gasteiger partial charge in [-0.15, -0.1) is 0 Å². The van der Waals surface area contributed by atoms with E-state index < -0.39 is 20.6 Å². The summed E-state index contributed by atoms with van der Waals surface area (Å²) in [4.78, 5) is 14.5. The van der Waals surface area contributed by atoms with Gasteiger partial charge in [0.2, 0.25) is 0 Å². The first kappa shape index (κ1) is 20.9. The molecule has 0 bridgehead atoms. The van der Waals surface area contributed by atoms with Gasteiger partial charge in [0, 0.05) is 18.5 Å². The molecule has 0 amide bonds. The molecule has 0 aliphatic rings. The average Bonchev–Trinajstić information content (AvgIpc) is 2.71. The lowest BCUT2D eigenvalue weighted by Crippen LogP contribution is -2.14. The van der Waals surface area contributed by atoms with Gasteiger partial charge in [-0.05, 0) is 55.3 Å². The van der Waals surface area contributed by atoms with Gasteiger partial charge in [-0.25, -0.2) is 8.42 Å². The smallest absolute Gasteiger partial charge is 0.279 e. The molecule has 0 aliphatic carbocycles. The van der Waals surface area contributed by atoms with Crippen molar-refractivity contribution in [1.29, 1.82) is 0 Å². The van der Waals surface area contributed by atoms with Crippen LogP contribution in [0.2, 0.25) is 0 Å². The molecule has 154 valence electrons. The molecular weight excluding hydrogens is 406 g/mol. The number of hydrogen-bond acceptors (Lipinski definition) is 7. The van der Waals surface area contributed by atoms with E-state index in [4.69, 9.17) is 0 Å². The summed E-state index contributed by atoms with van der Waals surface area (Å²) >= 11 is 0. The molecule has 0 atom stereocenters. The Labute approximate surface area is 173 Å². The Bertz CT molecular complexity index is 1210. The standard InChI is InChI=1S/C20H19N5O4S/c1-14-3-5-18(15(2)11-14)24-30(28,29)17-4-6-19(20(12-17)25(26)27)23-22-13-16-7-9-21-10-8-16/h3-13,23-24H,1-2H3/b22-13-. The Hall–Kier alpha value is -3.79. The highest BCUT2D eigenvalue weighted by atomic mass is 32.2. The average molecular weight is 425 g/mol. The van der Waals surface area contributed by atoms with Gasteiger partial charge in [-0.2, -0.15) is 5.10 Å². The lowest BCUT2D eigenvalue weighted by Gasteiger charge is -2.12. The molecule has 0 unspecified atom stereocenters. The quantitative estimate of drug-likeness (QED) is 0.336. The number of hydrogen-bond donors (Lipinski definition) is 2. The van der Waals surface area contributed by atoms with Gasteiger partial charge in [-0.1, -0.05) is 17.7 Å². The van der Waals surface area contributed by atoms with E-state index >= 15 is 0 Å². The largest absolute Gasteiger partial charge is 0.295 e. The maximum atomic E-state index is 12.7. The molecule has 0 fully saturated rings. The molecule has 10 heteroatoms. The molecule has 2 N–H and O–H groups in total. The summed E-state index contributed by atoms with van der Waals surface area (Å²) in [6.45, 7) is 3.68. The van der Waals surface area contributed by atoms with Crippen molar-refractivity contribution in [2.45, 2.75) is 18.7 Å². The van der Waals surface area contributed by atoms with E-state index in [-0.39, 0.29) is 10.6 Å². The van der Waals surface area contributed by atoms with E-state index in [1.165, 1.54) is 18.3 Å². The van der Waals surface area contributed by atoms with Crippen molar-refractivity contribution in [3.63, 3.8) is 0 Å². The number of nitrogens with zero attached hydrogens (tertiary/aromatic N) is 3. The number of aryl methyl sites for hydroxylation is 2. The van der Waals surface area contributed by atoms with E-state index in [0.29, 0.717) is 5.69 Å². The lowest BCUT2D eigenvalue weighted by molar-refractivity contribution is -0.384. The number of sulfonamides is 1. The number of hydrazone groups is 1. The van der Waals surface area contributed by atoms with Crippen molar-refractivity contribution in [2.24, 2.45) is 5.10 Å². The molecule has 2 aromatic carbocycles. The zero-order valence-electron chi connectivity index (χ0n) is 16.2. The minimum absolute atomic E-state index is 0.0655. The highest BCUT2D eigenvalue weighted by Crippen LogP contribution is 2.29. The van der Waals surface area contributed by atoms with Crippen molar-refractivity contribution < 1.29 is 13.3 Å². The molecule has 0 radical (unpaired) electrons. The van der Waals surface area contributed by atoms with Gasteiger partial charge >= 0.3 is 0 Å². The summed E-state index contributed by atoms with van der Waals surface area (Å²) in [5.41, 5.74) is 5.13. The summed E-state index contributed by atoms with van der Waals surface area (Å²) in [6, 6.07) is 12.3. The SMILES string of the molecule is Cc1ccc(NS(=O)(=O)c2ccc(N/N=C\c3ccncc3)c([N+](=O)[O-])c2)c(C)c1. The highest BCUT2D eigenvalue weighted by Gasteiger charge is 2.22. The van der Waals surface area contributed by atoms with Crippen LogP contribution in [0.4, 0.5) is 17.1 Å². The zero-order chi connectivity index (χ0) is 21.7. The van der Waals surface area contributed by atoms with E-state index in [0.717, 1.165) is 22.8 Å². The van der Waals surface area contributed by atoms with Crippen molar-refractivity contribution in [3.05, 3.63) is 87.7 Å². The van der Waals surface area contributed by atoms with E-state index in [1.54, 1.807) is 43.6 Å². The lowest BCUT2D eigenvalue weighted by atomic mass is 10.1. The second-order valence-electron chi connectivity index (χ2n) is 6.51. The van der Waals surface area contributed by atoms with E-state index in [9.17, 15) is 18.5 Å². The number of anilines is 2. The topological polar surface area (TPSA) is 127 Å². The van der Waals surface area contributed by atoms with Gasteiger partial charge in [0.1, 0.15) is 5.69 Å². The van der Waals surface area contributed by atoms with Crippen LogP contribution >= 0.6 is 0 Å². The van der Waals surface area contributed by atoms with Crippen LogP contribution in [0.1, 0.15) is 16.7 Å². The molecular formula is C20H19N5O4S. The summed E-state index contributed by atoms with van der Waals surface area (Å²) in [5, 5.41) is 15.4. The first-order chi connectivity index (χ1) is 14.3. The molecule has 30 heavy (non-hydrogen) atoms.